The Hall–Kier alpha value is -1.88. The molecule has 4 N–H and O–H groups in total. The number of nitrogens with one attached hydrogen (secondary N) is 2. The van der Waals surface area contributed by atoms with Gasteiger partial charge >= 0.3 is 0 Å². The van der Waals surface area contributed by atoms with Crippen molar-refractivity contribution in [3.05, 3.63) is 35.4 Å². The fraction of sp³-hybridized carbons (Fsp3) is 0.200. The lowest BCUT2D eigenvalue weighted by Gasteiger charge is -2.08. The van der Waals surface area contributed by atoms with Crippen LogP contribution in [0.25, 0.3) is 0 Å². The van der Waals surface area contributed by atoms with Crippen molar-refractivity contribution >= 4 is 11.8 Å². The summed E-state index contributed by atoms with van der Waals surface area (Å²) < 4.78 is 0. The number of rotatable bonds is 2. The summed E-state index contributed by atoms with van der Waals surface area (Å²) >= 11 is 0. The molecule has 5 heteroatoms. The minimum absolute atomic E-state index is 0.281. The monoisotopic (exact) mass is 207 g/mol. The van der Waals surface area contributed by atoms with Crippen LogP contribution in [0.1, 0.15) is 22.8 Å². The molecular weight excluding hydrogens is 194 g/mol. The molecule has 0 radical (unpaired) electrons. The number of hydrogen-bond donors (Lipinski definition) is 3. The van der Waals surface area contributed by atoms with Gasteiger partial charge in [-0.25, -0.2) is 0 Å². The Morgan fingerprint density at radius 3 is 2.53 bits per heavy atom. The minimum atomic E-state index is -0.369. The van der Waals surface area contributed by atoms with Crippen LogP contribution in [0.5, 0.6) is 0 Å². The fourth-order valence-electron chi connectivity index (χ4n) is 1.13. The van der Waals surface area contributed by atoms with E-state index >= 15 is 0 Å². The molecule has 1 rings (SSSR count). The highest BCUT2D eigenvalue weighted by Gasteiger charge is 2.09. The van der Waals surface area contributed by atoms with Crippen LogP contribution in [-0.4, -0.2) is 11.8 Å². The number of benzene rings is 1. The smallest absolute Gasteiger partial charge is 0.270 e. The first-order valence-corrected chi connectivity index (χ1v) is 4.50. The van der Waals surface area contributed by atoms with Crippen molar-refractivity contribution in [3.8, 4) is 0 Å². The number of amides is 2. The molecule has 0 saturated carbocycles. The Morgan fingerprint density at radius 2 is 1.93 bits per heavy atom. The van der Waals surface area contributed by atoms with Crippen molar-refractivity contribution in [1.29, 1.82) is 0 Å². The molecule has 0 saturated heterocycles. The van der Waals surface area contributed by atoms with Crippen LogP contribution in [0, 0.1) is 0 Å². The van der Waals surface area contributed by atoms with E-state index in [0.717, 1.165) is 5.56 Å². The van der Waals surface area contributed by atoms with Gasteiger partial charge in [0.15, 0.2) is 0 Å². The van der Waals surface area contributed by atoms with E-state index in [4.69, 9.17) is 5.73 Å². The van der Waals surface area contributed by atoms with Crippen LogP contribution in [0.2, 0.25) is 0 Å². The molecule has 0 aromatic heterocycles. The van der Waals surface area contributed by atoms with Crippen LogP contribution < -0.4 is 16.6 Å². The Labute approximate surface area is 87.6 Å². The molecule has 0 atom stereocenters. The molecule has 80 valence electrons. The number of carbonyl (C=O) groups is 2. The van der Waals surface area contributed by atoms with E-state index in [0.29, 0.717) is 5.56 Å². The zero-order valence-electron chi connectivity index (χ0n) is 8.41. The van der Waals surface area contributed by atoms with Crippen LogP contribution in [0.3, 0.4) is 0 Å². The summed E-state index contributed by atoms with van der Waals surface area (Å²) in [7, 11) is 0. The largest absolute Gasteiger partial charge is 0.326 e. The fourth-order valence-corrected chi connectivity index (χ4v) is 1.13. The van der Waals surface area contributed by atoms with Gasteiger partial charge in [0.05, 0.1) is 0 Å². The molecule has 0 aliphatic rings. The lowest BCUT2D eigenvalue weighted by Crippen LogP contribution is -2.40. The van der Waals surface area contributed by atoms with Gasteiger partial charge in [-0.3, -0.25) is 20.4 Å². The summed E-state index contributed by atoms with van der Waals surface area (Å²) in [5.41, 5.74) is 11.2. The van der Waals surface area contributed by atoms with E-state index < -0.39 is 0 Å². The third-order valence-electron chi connectivity index (χ3n) is 1.83. The van der Waals surface area contributed by atoms with Gasteiger partial charge < -0.3 is 5.73 Å². The number of nitrogens with two attached hydrogens (primary N) is 1. The predicted octanol–water partition coefficient (Wildman–Crippen LogP) is -0.0738. The highest BCUT2D eigenvalue weighted by molar-refractivity contribution is 5.96. The first kappa shape index (κ1) is 11.2. The Bertz CT molecular complexity index is 377. The number of hydrogen-bond acceptors (Lipinski definition) is 3. The minimum Gasteiger partial charge on any atom is -0.326 e. The van der Waals surface area contributed by atoms with E-state index in [-0.39, 0.29) is 18.4 Å². The quantitative estimate of drug-likeness (QED) is 0.593. The lowest BCUT2D eigenvalue weighted by molar-refractivity contribution is -0.119. The van der Waals surface area contributed by atoms with Crippen molar-refractivity contribution in [2.45, 2.75) is 13.5 Å². The van der Waals surface area contributed by atoms with Crippen molar-refractivity contribution in [2.75, 3.05) is 0 Å². The highest BCUT2D eigenvalue weighted by Crippen LogP contribution is 2.06. The summed E-state index contributed by atoms with van der Waals surface area (Å²) in [5, 5.41) is 0. The molecule has 0 aliphatic heterocycles. The Morgan fingerprint density at radius 1 is 1.27 bits per heavy atom. The molecular formula is C10H13N3O2. The molecule has 0 spiro atoms. The summed E-state index contributed by atoms with van der Waals surface area (Å²) in [4.78, 5) is 22.1. The second-order valence-electron chi connectivity index (χ2n) is 3.00. The van der Waals surface area contributed by atoms with Crippen molar-refractivity contribution in [1.82, 2.24) is 10.9 Å². The van der Waals surface area contributed by atoms with Crippen molar-refractivity contribution < 1.29 is 9.59 Å². The van der Waals surface area contributed by atoms with Crippen LogP contribution in [0.4, 0.5) is 0 Å². The van der Waals surface area contributed by atoms with Crippen LogP contribution in [-0.2, 0) is 11.3 Å². The standard InChI is InChI=1S/C10H13N3O2/c1-7(14)12-13-10(15)9-5-3-2-4-8(9)6-11/h2-5H,6,11H2,1H3,(H,12,14)(H,13,15). The molecule has 1 aromatic carbocycles. The van der Waals surface area contributed by atoms with Gasteiger partial charge in [-0.2, -0.15) is 0 Å². The second-order valence-corrected chi connectivity index (χ2v) is 3.00. The molecule has 0 bridgehead atoms. The van der Waals surface area contributed by atoms with Crippen LogP contribution >= 0.6 is 0 Å². The first-order chi connectivity index (χ1) is 7.15. The number of carbonyl (C=O) groups excluding carboxylic acids is 2. The van der Waals surface area contributed by atoms with Gasteiger partial charge in [0, 0.05) is 19.0 Å². The molecule has 15 heavy (non-hydrogen) atoms. The van der Waals surface area contributed by atoms with E-state index in [1.54, 1.807) is 24.3 Å². The predicted molar refractivity (Wildman–Crippen MR) is 55.6 cm³/mol. The topological polar surface area (TPSA) is 84.2 Å². The highest BCUT2D eigenvalue weighted by atomic mass is 16.2. The van der Waals surface area contributed by atoms with E-state index in [9.17, 15) is 9.59 Å². The molecule has 0 heterocycles. The maximum absolute atomic E-state index is 11.5. The van der Waals surface area contributed by atoms with Gasteiger partial charge in [-0.05, 0) is 11.6 Å². The van der Waals surface area contributed by atoms with Gasteiger partial charge in [0.1, 0.15) is 0 Å². The average molecular weight is 207 g/mol. The van der Waals surface area contributed by atoms with Crippen LogP contribution in [0.15, 0.2) is 24.3 Å². The molecule has 0 unspecified atom stereocenters. The van der Waals surface area contributed by atoms with Crippen molar-refractivity contribution in [3.63, 3.8) is 0 Å². The lowest BCUT2D eigenvalue weighted by atomic mass is 10.1. The summed E-state index contributed by atoms with van der Waals surface area (Å²) in [5.74, 6) is -0.695. The van der Waals surface area contributed by atoms with Crippen molar-refractivity contribution in [2.24, 2.45) is 5.73 Å². The first-order valence-electron chi connectivity index (χ1n) is 4.50. The third kappa shape index (κ3) is 3.07. The Kier molecular flexibility index (Phi) is 3.82. The molecule has 1 aromatic rings. The summed E-state index contributed by atoms with van der Waals surface area (Å²) in [6.45, 7) is 1.60. The summed E-state index contributed by atoms with van der Waals surface area (Å²) in [6.07, 6.45) is 0. The normalized spacial score (nSPS) is 9.47. The molecule has 5 nitrogen and oxygen atoms in total. The molecule has 0 aliphatic carbocycles. The Balaban J connectivity index is 2.77. The second kappa shape index (κ2) is 5.11. The average Bonchev–Trinajstić information content (AvgIpc) is 2.25. The van der Waals surface area contributed by atoms with Gasteiger partial charge in [0.25, 0.3) is 5.91 Å². The number of hydrazine groups is 1. The van der Waals surface area contributed by atoms with Gasteiger partial charge in [-0.15, -0.1) is 0 Å². The van der Waals surface area contributed by atoms with Gasteiger partial charge in [-0.1, -0.05) is 18.2 Å². The molecule has 2 amide bonds. The zero-order chi connectivity index (χ0) is 11.3. The maximum Gasteiger partial charge on any atom is 0.270 e. The maximum atomic E-state index is 11.5. The van der Waals surface area contributed by atoms with E-state index in [1.165, 1.54) is 6.92 Å². The van der Waals surface area contributed by atoms with Gasteiger partial charge in [0.2, 0.25) is 5.91 Å². The zero-order valence-corrected chi connectivity index (χ0v) is 8.41. The van der Waals surface area contributed by atoms with E-state index in [2.05, 4.69) is 10.9 Å². The summed E-state index contributed by atoms with van der Waals surface area (Å²) in [6, 6.07) is 6.96. The van der Waals surface area contributed by atoms with E-state index in [1.807, 2.05) is 0 Å². The molecule has 0 fully saturated rings. The SMILES string of the molecule is CC(=O)NNC(=O)c1ccccc1CN. The third-order valence-corrected chi connectivity index (χ3v) is 1.83.